The molecule has 6 heteroatoms. The van der Waals surface area contributed by atoms with Crippen molar-refractivity contribution in [3.63, 3.8) is 0 Å². The number of likely N-dealkylation sites (N-methyl/N-ethyl adjacent to an activating group) is 1. The number of hydrogen-bond donors (Lipinski definition) is 2. The van der Waals surface area contributed by atoms with Gasteiger partial charge in [0.2, 0.25) is 11.9 Å². The Morgan fingerprint density at radius 3 is 2.59 bits per heavy atom. The van der Waals surface area contributed by atoms with Crippen molar-refractivity contribution in [1.29, 1.82) is 0 Å². The maximum absolute atomic E-state index is 4.80. The van der Waals surface area contributed by atoms with E-state index in [9.17, 15) is 0 Å². The second-order valence-electron chi connectivity index (χ2n) is 6.27. The first-order valence-corrected chi connectivity index (χ1v) is 9.15. The molecule has 0 unspecified atom stereocenters. The second-order valence-corrected chi connectivity index (χ2v) is 6.27. The lowest BCUT2D eigenvalue weighted by Crippen LogP contribution is -2.27. The van der Waals surface area contributed by atoms with E-state index >= 15 is 0 Å². The fourth-order valence-corrected chi connectivity index (χ4v) is 3.06. The highest BCUT2D eigenvalue weighted by Crippen LogP contribution is 2.25. The third-order valence-electron chi connectivity index (χ3n) is 4.50. The maximum atomic E-state index is 4.80. The molecule has 2 aromatic heterocycles. The lowest BCUT2D eigenvalue weighted by molar-refractivity contribution is 0.780. The molecular formula is C21H22N6. The van der Waals surface area contributed by atoms with Crippen LogP contribution in [0.4, 0.5) is 17.7 Å². The van der Waals surface area contributed by atoms with Crippen LogP contribution >= 0.6 is 0 Å². The van der Waals surface area contributed by atoms with Crippen LogP contribution in [0.25, 0.3) is 10.9 Å². The number of para-hydroxylation sites is 1. The third kappa shape index (κ3) is 3.89. The van der Waals surface area contributed by atoms with Crippen molar-refractivity contribution in [2.24, 2.45) is 0 Å². The third-order valence-corrected chi connectivity index (χ3v) is 4.50. The summed E-state index contributed by atoms with van der Waals surface area (Å²) in [5.41, 5.74) is 2.22. The molecule has 0 spiro atoms. The van der Waals surface area contributed by atoms with E-state index in [-0.39, 0.29) is 0 Å². The van der Waals surface area contributed by atoms with Gasteiger partial charge in [0.25, 0.3) is 0 Å². The molecule has 0 atom stereocenters. The van der Waals surface area contributed by atoms with E-state index in [1.54, 1.807) is 12.4 Å². The summed E-state index contributed by atoms with van der Waals surface area (Å²) in [6.45, 7) is 3.83. The molecule has 0 amide bonds. The van der Waals surface area contributed by atoms with Gasteiger partial charge in [0.15, 0.2) is 0 Å². The highest BCUT2D eigenvalue weighted by atomic mass is 15.3. The summed E-state index contributed by atoms with van der Waals surface area (Å²) in [4.78, 5) is 19.1. The van der Waals surface area contributed by atoms with Gasteiger partial charge in [0, 0.05) is 30.9 Å². The van der Waals surface area contributed by atoms with Gasteiger partial charge in [0.05, 0.1) is 5.52 Å². The Labute approximate surface area is 158 Å². The summed E-state index contributed by atoms with van der Waals surface area (Å²) in [6, 6.07) is 18.5. The maximum Gasteiger partial charge on any atom is 0.227 e. The number of benzene rings is 2. The van der Waals surface area contributed by atoms with Crippen LogP contribution in [0, 0.1) is 0 Å². The molecule has 0 saturated heterocycles. The lowest BCUT2D eigenvalue weighted by Gasteiger charge is -2.22. The largest absolute Gasteiger partial charge is 0.341 e. The number of aromatic amines is 1. The standard InChI is InChI=1S/C21H22N6/c1-2-27(15-12-16-8-4-3-5-9-16)21-24-18-11-7-6-10-17(18)19(26-21)25-20-22-13-14-23-20/h3-11,13-14H,2,12,15H2,1H3,(H2,22,23,24,25,26). The molecule has 6 nitrogen and oxygen atoms in total. The van der Waals surface area contributed by atoms with Crippen LogP contribution in [-0.2, 0) is 6.42 Å². The van der Waals surface area contributed by atoms with Crippen molar-refractivity contribution in [3.05, 3.63) is 72.6 Å². The van der Waals surface area contributed by atoms with E-state index in [0.29, 0.717) is 5.95 Å². The van der Waals surface area contributed by atoms with E-state index in [4.69, 9.17) is 9.97 Å². The van der Waals surface area contributed by atoms with Crippen LogP contribution in [0.3, 0.4) is 0 Å². The number of anilines is 3. The number of aromatic nitrogens is 4. The van der Waals surface area contributed by atoms with Crippen molar-refractivity contribution in [1.82, 2.24) is 19.9 Å². The zero-order valence-electron chi connectivity index (χ0n) is 15.3. The fraction of sp³-hybridized carbons (Fsp3) is 0.190. The smallest absolute Gasteiger partial charge is 0.227 e. The molecule has 0 aliphatic heterocycles. The number of nitrogens with zero attached hydrogens (tertiary/aromatic N) is 4. The van der Waals surface area contributed by atoms with Gasteiger partial charge in [-0.15, -0.1) is 0 Å². The predicted molar refractivity (Wildman–Crippen MR) is 109 cm³/mol. The quantitative estimate of drug-likeness (QED) is 0.519. The summed E-state index contributed by atoms with van der Waals surface area (Å²) >= 11 is 0. The zero-order valence-corrected chi connectivity index (χ0v) is 15.3. The van der Waals surface area contributed by atoms with Crippen LogP contribution in [0.15, 0.2) is 67.0 Å². The topological polar surface area (TPSA) is 69.7 Å². The average molecular weight is 358 g/mol. The van der Waals surface area contributed by atoms with Crippen molar-refractivity contribution >= 4 is 28.6 Å². The van der Waals surface area contributed by atoms with Gasteiger partial charge in [-0.05, 0) is 31.0 Å². The Bertz CT molecular complexity index is 998. The van der Waals surface area contributed by atoms with Crippen LogP contribution in [-0.4, -0.2) is 33.0 Å². The van der Waals surface area contributed by atoms with Gasteiger partial charge in [-0.3, -0.25) is 0 Å². The van der Waals surface area contributed by atoms with Crippen LogP contribution < -0.4 is 10.2 Å². The molecule has 0 bridgehead atoms. The molecule has 4 rings (SSSR count). The molecule has 2 N–H and O–H groups in total. The number of rotatable bonds is 7. The van der Waals surface area contributed by atoms with Gasteiger partial charge < -0.3 is 15.2 Å². The minimum absolute atomic E-state index is 0.664. The van der Waals surface area contributed by atoms with Crippen LogP contribution in [0.1, 0.15) is 12.5 Å². The molecule has 2 heterocycles. The Morgan fingerprint density at radius 1 is 1.00 bits per heavy atom. The van der Waals surface area contributed by atoms with Gasteiger partial charge >= 0.3 is 0 Å². The van der Waals surface area contributed by atoms with Gasteiger partial charge in [0.1, 0.15) is 5.82 Å². The SMILES string of the molecule is CCN(CCc1ccccc1)c1nc(Nc2ncc[nH]2)c2ccccc2n1. The number of H-pyrrole nitrogens is 1. The van der Waals surface area contributed by atoms with Crippen molar-refractivity contribution in [3.8, 4) is 0 Å². The summed E-state index contributed by atoms with van der Waals surface area (Å²) in [6.07, 6.45) is 4.45. The molecule has 4 aromatic rings. The Balaban J connectivity index is 1.65. The van der Waals surface area contributed by atoms with Crippen LogP contribution in [0.2, 0.25) is 0 Å². The highest BCUT2D eigenvalue weighted by Gasteiger charge is 2.13. The average Bonchev–Trinajstić information content (AvgIpc) is 3.22. The highest BCUT2D eigenvalue weighted by molar-refractivity contribution is 5.91. The number of fused-ring (bicyclic) bond motifs is 1. The summed E-state index contributed by atoms with van der Waals surface area (Å²) in [5.74, 6) is 2.14. The van der Waals surface area contributed by atoms with E-state index < -0.39 is 0 Å². The number of imidazole rings is 1. The predicted octanol–water partition coefficient (Wildman–Crippen LogP) is 4.17. The summed E-state index contributed by atoms with van der Waals surface area (Å²) < 4.78 is 0. The first-order chi connectivity index (χ1) is 13.3. The molecule has 2 aromatic carbocycles. The second kappa shape index (κ2) is 7.86. The van der Waals surface area contributed by atoms with E-state index in [2.05, 4.69) is 51.4 Å². The minimum atomic E-state index is 0.664. The van der Waals surface area contributed by atoms with Crippen LogP contribution in [0.5, 0.6) is 0 Å². The molecule has 0 fully saturated rings. The zero-order chi connectivity index (χ0) is 18.5. The summed E-state index contributed by atoms with van der Waals surface area (Å²) in [5, 5.41) is 4.24. The molecular weight excluding hydrogens is 336 g/mol. The summed E-state index contributed by atoms with van der Waals surface area (Å²) in [7, 11) is 0. The number of hydrogen-bond acceptors (Lipinski definition) is 5. The monoisotopic (exact) mass is 358 g/mol. The minimum Gasteiger partial charge on any atom is -0.341 e. The normalized spacial score (nSPS) is 10.9. The molecule has 0 radical (unpaired) electrons. The fourth-order valence-electron chi connectivity index (χ4n) is 3.06. The Morgan fingerprint density at radius 2 is 1.81 bits per heavy atom. The van der Waals surface area contributed by atoms with Gasteiger partial charge in [-0.2, -0.15) is 4.98 Å². The molecule has 0 saturated carbocycles. The Hall–Kier alpha value is -3.41. The van der Waals surface area contributed by atoms with Gasteiger partial charge in [-0.1, -0.05) is 42.5 Å². The van der Waals surface area contributed by atoms with Crippen molar-refractivity contribution in [2.75, 3.05) is 23.3 Å². The molecule has 0 aliphatic carbocycles. The lowest BCUT2D eigenvalue weighted by atomic mass is 10.1. The van der Waals surface area contributed by atoms with Crippen molar-refractivity contribution < 1.29 is 0 Å². The van der Waals surface area contributed by atoms with Crippen molar-refractivity contribution in [2.45, 2.75) is 13.3 Å². The van der Waals surface area contributed by atoms with E-state index in [1.165, 1.54) is 5.56 Å². The number of nitrogens with one attached hydrogen (secondary N) is 2. The van der Waals surface area contributed by atoms with E-state index in [0.717, 1.165) is 42.2 Å². The Kier molecular flexibility index (Phi) is 4.96. The first-order valence-electron chi connectivity index (χ1n) is 9.15. The molecule has 27 heavy (non-hydrogen) atoms. The van der Waals surface area contributed by atoms with Gasteiger partial charge in [-0.25, -0.2) is 9.97 Å². The van der Waals surface area contributed by atoms with E-state index in [1.807, 2.05) is 30.3 Å². The first kappa shape index (κ1) is 17.0. The molecule has 136 valence electrons. The molecule has 0 aliphatic rings.